The summed E-state index contributed by atoms with van der Waals surface area (Å²) >= 11 is 0. The number of ether oxygens (including phenoxy) is 1. The molecule has 0 saturated heterocycles. The Morgan fingerprint density at radius 1 is 1.07 bits per heavy atom. The van der Waals surface area contributed by atoms with Gasteiger partial charge in [0.05, 0.1) is 0 Å². The van der Waals surface area contributed by atoms with Gasteiger partial charge in [-0.1, -0.05) is 56.5 Å². The summed E-state index contributed by atoms with van der Waals surface area (Å²) in [6, 6.07) is 12.7. The van der Waals surface area contributed by atoms with E-state index in [0.717, 1.165) is 23.6 Å². The van der Waals surface area contributed by atoms with Gasteiger partial charge in [0, 0.05) is 18.7 Å². The molecule has 0 bridgehead atoms. The van der Waals surface area contributed by atoms with Crippen molar-refractivity contribution >= 4 is 5.91 Å². The van der Waals surface area contributed by atoms with Crippen molar-refractivity contribution in [3.05, 3.63) is 65.0 Å². The molecule has 1 fully saturated rings. The molecule has 0 radical (unpaired) electrons. The quantitative estimate of drug-likeness (QED) is 0.654. The molecule has 1 saturated carbocycles. The number of rotatable bonds is 6. The number of carbonyl (C=O) groups excluding carboxylic acids is 1. The molecule has 2 aromatic rings. The summed E-state index contributed by atoms with van der Waals surface area (Å²) in [5.41, 5.74) is 2.33. The molecule has 1 heterocycles. The zero-order valence-electron chi connectivity index (χ0n) is 16.5. The van der Waals surface area contributed by atoms with Gasteiger partial charge in [-0.25, -0.2) is 4.39 Å². The fraction of sp³-hybridized carbons (Fsp3) is 0.458. The van der Waals surface area contributed by atoms with Crippen LogP contribution in [0.2, 0.25) is 0 Å². The van der Waals surface area contributed by atoms with E-state index in [1.807, 2.05) is 35.2 Å². The van der Waals surface area contributed by atoms with Gasteiger partial charge in [0.15, 0.2) is 11.6 Å². The van der Waals surface area contributed by atoms with E-state index in [0.29, 0.717) is 18.0 Å². The third-order valence-corrected chi connectivity index (χ3v) is 6.30. The second-order valence-electron chi connectivity index (χ2n) is 8.19. The fourth-order valence-electron chi connectivity index (χ4n) is 4.50. The van der Waals surface area contributed by atoms with E-state index in [9.17, 15) is 9.18 Å². The number of fused-ring (bicyclic) bond motifs is 1. The molecule has 0 spiro atoms. The topological polar surface area (TPSA) is 29.5 Å². The molecule has 148 valence electrons. The molecule has 3 nitrogen and oxygen atoms in total. The Morgan fingerprint density at radius 3 is 2.50 bits per heavy atom. The maximum Gasteiger partial charge on any atom is 0.254 e. The molecule has 1 aliphatic heterocycles. The summed E-state index contributed by atoms with van der Waals surface area (Å²) in [6.45, 7) is 3.84. The van der Waals surface area contributed by atoms with E-state index in [2.05, 4.69) is 6.92 Å². The van der Waals surface area contributed by atoms with E-state index >= 15 is 0 Å². The number of nitrogens with zero attached hydrogens (tertiary/aromatic N) is 1. The minimum absolute atomic E-state index is 0.0113. The summed E-state index contributed by atoms with van der Waals surface area (Å²) < 4.78 is 20.1. The molecule has 2 aromatic carbocycles. The first kappa shape index (κ1) is 19.0. The predicted molar refractivity (Wildman–Crippen MR) is 108 cm³/mol. The highest BCUT2D eigenvalue weighted by Gasteiger charge is 2.32. The number of benzene rings is 2. The van der Waals surface area contributed by atoms with Crippen molar-refractivity contribution in [3.63, 3.8) is 0 Å². The Labute approximate surface area is 166 Å². The SMILES string of the molecule is CCC1CCC(CN2Cc3cc(F)c(OCc4ccccc4)cc3C2=O)CC1. The van der Waals surface area contributed by atoms with Crippen LogP contribution in [-0.4, -0.2) is 17.4 Å². The molecule has 0 unspecified atom stereocenters. The number of halogens is 1. The Morgan fingerprint density at radius 2 is 1.79 bits per heavy atom. The van der Waals surface area contributed by atoms with Crippen molar-refractivity contribution in [2.75, 3.05) is 6.54 Å². The highest BCUT2D eigenvalue weighted by molar-refractivity contribution is 5.98. The standard InChI is InChI=1S/C24H28FNO2/c1-2-17-8-10-18(11-9-17)14-26-15-20-12-22(25)23(13-21(20)24(26)27)28-16-19-6-4-3-5-7-19/h3-7,12-13,17-18H,2,8-11,14-16H2,1H3. The molecule has 4 heteroatoms. The number of carbonyl (C=O) groups is 1. The third-order valence-electron chi connectivity index (χ3n) is 6.30. The molecule has 1 amide bonds. The van der Waals surface area contributed by atoms with E-state index in [-0.39, 0.29) is 18.3 Å². The lowest BCUT2D eigenvalue weighted by atomic mass is 9.80. The molecule has 28 heavy (non-hydrogen) atoms. The van der Waals surface area contributed by atoms with Crippen molar-refractivity contribution in [1.29, 1.82) is 0 Å². The van der Waals surface area contributed by atoms with E-state index in [4.69, 9.17) is 4.74 Å². The summed E-state index contributed by atoms with van der Waals surface area (Å²) in [7, 11) is 0. The Bertz CT molecular complexity index is 828. The molecule has 2 aliphatic rings. The summed E-state index contributed by atoms with van der Waals surface area (Å²) in [5, 5.41) is 0. The number of hydrogen-bond donors (Lipinski definition) is 0. The fourth-order valence-corrected chi connectivity index (χ4v) is 4.50. The monoisotopic (exact) mass is 381 g/mol. The molecule has 4 rings (SSSR count). The second-order valence-corrected chi connectivity index (χ2v) is 8.19. The van der Waals surface area contributed by atoms with Gasteiger partial charge in [-0.3, -0.25) is 4.79 Å². The Balaban J connectivity index is 1.41. The molecule has 0 atom stereocenters. The average Bonchev–Trinajstić information content (AvgIpc) is 3.02. The zero-order valence-corrected chi connectivity index (χ0v) is 16.5. The molecule has 1 aliphatic carbocycles. The normalized spacial score (nSPS) is 21.6. The van der Waals surface area contributed by atoms with Gasteiger partial charge in [-0.05, 0) is 47.9 Å². The van der Waals surface area contributed by atoms with E-state index < -0.39 is 5.82 Å². The van der Waals surface area contributed by atoms with Crippen LogP contribution in [0.25, 0.3) is 0 Å². The van der Waals surface area contributed by atoms with Gasteiger partial charge in [0.2, 0.25) is 0 Å². The van der Waals surface area contributed by atoms with Crippen molar-refractivity contribution in [2.45, 2.75) is 52.2 Å². The molecule has 0 aromatic heterocycles. The Kier molecular flexibility index (Phi) is 5.65. The first-order valence-electron chi connectivity index (χ1n) is 10.4. The smallest absolute Gasteiger partial charge is 0.254 e. The lowest BCUT2D eigenvalue weighted by Crippen LogP contribution is -2.31. The zero-order chi connectivity index (χ0) is 19.5. The van der Waals surface area contributed by atoms with Crippen LogP contribution in [0.5, 0.6) is 5.75 Å². The van der Waals surface area contributed by atoms with Gasteiger partial charge in [-0.2, -0.15) is 0 Å². The summed E-state index contributed by atoms with van der Waals surface area (Å²) in [4.78, 5) is 14.8. The maximum absolute atomic E-state index is 14.5. The third kappa shape index (κ3) is 4.06. The van der Waals surface area contributed by atoms with E-state index in [1.54, 1.807) is 6.07 Å². The van der Waals surface area contributed by atoms with Gasteiger partial charge < -0.3 is 9.64 Å². The van der Waals surface area contributed by atoms with Crippen LogP contribution in [0, 0.1) is 17.7 Å². The highest BCUT2D eigenvalue weighted by Crippen LogP contribution is 2.34. The lowest BCUT2D eigenvalue weighted by Gasteiger charge is -2.30. The average molecular weight is 381 g/mol. The van der Waals surface area contributed by atoms with Crippen molar-refractivity contribution in [1.82, 2.24) is 4.90 Å². The van der Waals surface area contributed by atoms with E-state index in [1.165, 1.54) is 38.2 Å². The van der Waals surface area contributed by atoms with Crippen LogP contribution in [0.4, 0.5) is 4.39 Å². The predicted octanol–water partition coefficient (Wildman–Crippen LogP) is 5.58. The van der Waals surface area contributed by atoms with Crippen molar-refractivity contribution in [3.8, 4) is 5.75 Å². The van der Waals surface area contributed by atoms with Crippen LogP contribution in [0.1, 0.15) is 60.5 Å². The molecular formula is C24H28FNO2. The number of hydrogen-bond acceptors (Lipinski definition) is 2. The second kappa shape index (κ2) is 8.34. The van der Waals surface area contributed by atoms with Crippen LogP contribution >= 0.6 is 0 Å². The van der Waals surface area contributed by atoms with Gasteiger partial charge >= 0.3 is 0 Å². The molecular weight excluding hydrogens is 353 g/mol. The van der Waals surface area contributed by atoms with Crippen LogP contribution < -0.4 is 4.74 Å². The van der Waals surface area contributed by atoms with Gasteiger partial charge in [0.25, 0.3) is 5.91 Å². The highest BCUT2D eigenvalue weighted by atomic mass is 19.1. The minimum Gasteiger partial charge on any atom is -0.486 e. The van der Waals surface area contributed by atoms with Crippen LogP contribution in [0.3, 0.4) is 0 Å². The maximum atomic E-state index is 14.5. The summed E-state index contributed by atoms with van der Waals surface area (Å²) in [5.74, 6) is 1.19. The lowest BCUT2D eigenvalue weighted by molar-refractivity contribution is 0.0729. The Hall–Kier alpha value is -2.36. The van der Waals surface area contributed by atoms with Gasteiger partial charge in [-0.15, -0.1) is 0 Å². The van der Waals surface area contributed by atoms with Crippen LogP contribution in [-0.2, 0) is 13.2 Å². The minimum atomic E-state index is -0.396. The van der Waals surface area contributed by atoms with Crippen molar-refractivity contribution < 1.29 is 13.9 Å². The number of amides is 1. The molecule has 0 N–H and O–H groups in total. The largest absolute Gasteiger partial charge is 0.486 e. The first-order valence-corrected chi connectivity index (χ1v) is 10.4. The summed E-state index contributed by atoms with van der Waals surface area (Å²) in [6.07, 6.45) is 6.17. The first-order chi connectivity index (χ1) is 13.6. The van der Waals surface area contributed by atoms with Crippen LogP contribution in [0.15, 0.2) is 42.5 Å². The van der Waals surface area contributed by atoms with Gasteiger partial charge in [0.1, 0.15) is 6.61 Å². The van der Waals surface area contributed by atoms with Crippen molar-refractivity contribution in [2.24, 2.45) is 11.8 Å².